The minimum atomic E-state index is -0.237. The van der Waals surface area contributed by atoms with Crippen LogP contribution >= 0.6 is 0 Å². The zero-order chi connectivity index (χ0) is 18.2. The minimum absolute atomic E-state index is 0.106. The SMILES string of the molecule is CN(C)CCNC(=O)Cn1cc(NC(=O)c2ccc(CN)cc2)cn1. The molecule has 0 radical (unpaired) electrons. The Morgan fingerprint density at radius 3 is 2.60 bits per heavy atom. The second-order valence-corrected chi connectivity index (χ2v) is 5.93. The molecule has 1 heterocycles. The molecule has 0 aliphatic carbocycles. The molecule has 1 aromatic heterocycles. The molecule has 25 heavy (non-hydrogen) atoms. The zero-order valence-corrected chi connectivity index (χ0v) is 14.5. The van der Waals surface area contributed by atoms with E-state index in [2.05, 4.69) is 15.7 Å². The summed E-state index contributed by atoms with van der Waals surface area (Å²) in [7, 11) is 3.89. The first-order valence-corrected chi connectivity index (χ1v) is 8.02. The van der Waals surface area contributed by atoms with Crippen molar-refractivity contribution >= 4 is 17.5 Å². The van der Waals surface area contributed by atoms with Crippen molar-refractivity contribution in [3.63, 3.8) is 0 Å². The van der Waals surface area contributed by atoms with Crippen molar-refractivity contribution in [2.75, 3.05) is 32.5 Å². The predicted octanol–water partition coefficient (Wildman–Crippen LogP) is 0.272. The molecular weight excluding hydrogens is 320 g/mol. The smallest absolute Gasteiger partial charge is 0.255 e. The molecule has 0 bridgehead atoms. The van der Waals surface area contributed by atoms with E-state index in [0.717, 1.165) is 12.1 Å². The number of nitrogens with zero attached hydrogens (tertiary/aromatic N) is 3. The van der Waals surface area contributed by atoms with Gasteiger partial charge in [-0.1, -0.05) is 12.1 Å². The lowest BCUT2D eigenvalue weighted by atomic mass is 10.1. The van der Waals surface area contributed by atoms with Crippen LogP contribution in [0.25, 0.3) is 0 Å². The van der Waals surface area contributed by atoms with Gasteiger partial charge in [-0.15, -0.1) is 0 Å². The third kappa shape index (κ3) is 6.02. The van der Waals surface area contributed by atoms with Gasteiger partial charge in [0.2, 0.25) is 5.91 Å². The highest BCUT2D eigenvalue weighted by atomic mass is 16.2. The van der Waals surface area contributed by atoms with Crippen LogP contribution in [-0.2, 0) is 17.9 Å². The summed E-state index contributed by atoms with van der Waals surface area (Å²) >= 11 is 0. The maximum absolute atomic E-state index is 12.2. The summed E-state index contributed by atoms with van der Waals surface area (Å²) in [4.78, 5) is 26.0. The molecule has 1 aromatic carbocycles. The molecule has 0 saturated heterocycles. The van der Waals surface area contributed by atoms with E-state index in [-0.39, 0.29) is 18.4 Å². The molecule has 4 N–H and O–H groups in total. The summed E-state index contributed by atoms with van der Waals surface area (Å²) in [5.41, 5.74) is 7.57. The Morgan fingerprint density at radius 2 is 1.96 bits per heavy atom. The van der Waals surface area contributed by atoms with Gasteiger partial charge in [0.05, 0.1) is 11.9 Å². The summed E-state index contributed by atoms with van der Waals surface area (Å²) in [5.74, 6) is -0.362. The minimum Gasteiger partial charge on any atom is -0.353 e. The van der Waals surface area contributed by atoms with Crippen molar-refractivity contribution in [1.29, 1.82) is 0 Å². The van der Waals surface area contributed by atoms with Gasteiger partial charge in [-0.05, 0) is 31.8 Å². The Labute approximate surface area is 147 Å². The van der Waals surface area contributed by atoms with Gasteiger partial charge in [0.1, 0.15) is 6.54 Å². The standard InChI is InChI=1S/C17H24N6O2/c1-22(2)8-7-19-16(24)12-23-11-15(10-20-23)21-17(25)14-5-3-13(9-18)4-6-14/h3-6,10-11H,7-9,12,18H2,1-2H3,(H,19,24)(H,21,25). The number of carbonyl (C=O) groups excluding carboxylic acids is 2. The van der Waals surface area contributed by atoms with Gasteiger partial charge in [-0.2, -0.15) is 5.10 Å². The number of nitrogens with one attached hydrogen (secondary N) is 2. The summed E-state index contributed by atoms with van der Waals surface area (Å²) in [6, 6.07) is 7.08. The number of rotatable bonds is 8. The van der Waals surface area contributed by atoms with Gasteiger partial charge in [0, 0.05) is 31.4 Å². The van der Waals surface area contributed by atoms with E-state index in [1.54, 1.807) is 18.3 Å². The van der Waals surface area contributed by atoms with Crippen LogP contribution in [0.5, 0.6) is 0 Å². The van der Waals surface area contributed by atoms with Crippen molar-refractivity contribution in [1.82, 2.24) is 20.0 Å². The van der Waals surface area contributed by atoms with E-state index in [9.17, 15) is 9.59 Å². The monoisotopic (exact) mass is 344 g/mol. The number of carbonyl (C=O) groups is 2. The van der Waals surface area contributed by atoms with Crippen LogP contribution in [0.3, 0.4) is 0 Å². The fourth-order valence-corrected chi connectivity index (χ4v) is 2.13. The normalized spacial score (nSPS) is 10.7. The largest absolute Gasteiger partial charge is 0.353 e. The van der Waals surface area contributed by atoms with Crippen LogP contribution in [-0.4, -0.2) is 53.7 Å². The van der Waals surface area contributed by atoms with Crippen LogP contribution in [0.4, 0.5) is 5.69 Å². The van der Waals surface area contributed by atoms with Crippen molar-refractivity contribution in [2.24, 2.45) is 5.73 Å². The van der Waals surface area contributed by atoms with Crippen molar-refractivity contribution in [3.8, 4) is 0 Å². The van der Waals surface area contributed by atoms with Crippen LogP contribution < -0.4 is 16.4 Å². The quantitative estimate of drug-likeness (QED) is 0.638. The van der Waals surface area contributed by atoms with Crippen LogP contribution in [0.15, 0.2) is 36.7 Å². The molecule has 2 amide bonds. The highest BCUT2D eigenvalue weighted by molar-refractivity contribution is 6.04. The third-order valence-electron chi connectivity index (χ3n) is 3.53. The summed E-state index contributed by atoms with van der Waals surface area (Å²) in [6.45, 7) is 1.89. The number of hydrogen-bond donors (Lipinski definition) is 3. The van der Waals surface area contributed by atoms with E-state index in [0.29, 0.717) is 24.3 Å². The molecule has 8 heteroatoms. The average Bonchev–Trinajstić information content (AvgIpc) is 3.01. The molecule has 0 atom stereocenters. The molecule has 0 aliphatic rings. The lowest BCUT2D eigenvalue weighted by molar-refractivity contribution is -0.121. The third-order valence-corrected chi connectivity index (χ3v) is 3.53. The van der Waals surface area contributed by atoms with Gasteiger partial charge in [0.15, 0.2) is 0 Å². The fraction of sp³-hybridized carbons (Fsp3) is 0.353. The molecule has 134 valence electrons. The number of benzene rings is 1. The Bertz CT molecular complexity index is 708. The summed E-state index contributed by atoms with van der Waals surface area (Å²) < 4.78 is 1.48. The van der Waals surface area contributed by atoms with Gasteiger partial charge >= 0.3 is 0 Å². The fourth-order valence-electron chi connectivity index (χ4n) is 2.13. The Balaban J connectivity index is 1.85. The van der Waals surface area contributed by atoms with Crippen LogP contribution in [0.2, 0.25) is 0 Å². The Kier molecular flexibility index (Phi) is 6.67. The van der Waals surface area contributed by atoms with Gasteiger partial charge in [0.25, 0.3) is 5.91 Å². The van der Waals surface area contributed by atoms with E-state index >= 15 is 0 Å². The molecule has 2 aromatic rings. The van der Waals surface area contributed by atoms with Crippen molar-refractivity contribution in [2.45, 2.75) is 13.1 Å². The number of hydrogen-bond acceptors (Lipinski definition) is 5. The second kappa shape index (κ2) is 8.95. The first-order chi connectivity index (χ1) is 12.0. The Morgan fingerprint density at radius 1 is 1.24 bits per heavy atom. The number of amides is 2. The van der Waals surface area contributed by atoms with Gasteiger partial charge < -0.3 is 21.3 Å². The first kappa shape index (κ1) is 18.6. The number of nitrogens with two attached hydrogens (primary N) is 1. The van der Waals surface area contributed by atoms with E-state index in [1.807, 2.05) is 31.1 Å². The van der Waals surface area contributed by atoms with Crippen LogP contribution in [0.1, 0.15) is 15.9 Å². The molecule has 2 rings (SSSR count). The average molecular weight is 344 g/mol. The number of likely N-dealkylation sites (N-methyl/N-ethyl adjacent to an activating group) is 1. The highest BCUT2D eigenvalue weighted by Gasteiger charge is 2.09. The number of anilines is 1. The molecule has 0 spiro atoms. The lowest BCUT2D eigenvalue weighted by Gasteiger charge is -2.10. The first-order valence-electron chi connectivity index (χ1n) is 8.02. The molecular formula is C17H24N6O2. The lowest BCUT2D eigenvalue weighted by Crippen LogP contribution is -2.33. The van der Waals surface area contributed by atoms with E-state index in [4.69, 9.17) is 5.73 Å². The number of aromatic nitrogens is 2. The van der Waals surface area contributed by atoms with Crippen molar-refractivity contribution < 1.29 is 9.59 Å². The molecule has 0 aliphatic heterocycles. The summed E-state index contributed by atoms with van der Waals surface area (Å²) in [5, 5.41) is 9.65. The second-order valence-electron chi connectivity index (χ2n) is 5.93. The predicted molar refractivity (Wildman–Crippen MR) is 96.1 cm³/mol. The topological polar surface area (TPSA) is 105 Å². The maximum atomic E-state index is 12.2. The Hall–Kier alpha value is -2.71. The van der Waals surface area contributed by atoms with E-state index < -0.39 is 0 Å². The molecule has 8 nitrogen and oxygen atoms in total. The summed E-state index contributed by atoms with van der Waals surface area (Å²) in [6.07, 6.45) is 3.14. The molecule has 0 unspecified atom stereocenters. The van der Waals surface area contributed by atoms with Crippen molar-refractivity contribution in [3.05, 3.63) is 47.8 Å². The molecule has 0 fully saturated rings. The van der Waals surface area contributed by atoms with E-state index in [1.165, 1.54) is 10.9 Å². The molecule has 0 saturated carbocycles. The highest BCUT2D eigenvalue weighted by Crippen LogP contribution is 2.09. The maximum Gasteiger partial charge on any atom is 0.255 e. The van der Waals surface area contributed by atoms with Gasteiger partial charge in [-0.3, -0.25) is 14.3 Å². The zero-order valence-electron chi connectivity index (χ0n) is 14.5. The van der Waals surface area contributed by atoms with Crippen LogP contribution in [0, 0.1) is 0 Å². The van der Waals surface area contributed by atoms with Gasteiger partial charge in [-0.25, -0.2) is 0 Å².